The Labute approximate surface area is 134 Å². The highest BCUT2D eigenvalue weighted by Gasteiger charge is 2.13. The minimum atomic E-state index is -0.222. The molecule has 0 aromatic heterocycles. The lowest BCUT2D eigenvalue weighted by Gasteiger charge is -2.18. The first-order valence-electron chi connectivity index (χ1n) is 7.45. The first-order chi connectivity index (χ1) is 11.1. The van der Waals surface area contributed by atoms with Gasteiger partial charge >= 0.3 is 0 Å². The summed E-state index contributed by atoms with van der Waals surface area (Å²) >= 11 is 0. The van der Waals surface area contributed by atoms with Crippen molar-refractivity contribution < 1.29 is 14.3 Å². The predicted octanol–water partition coefficient (Wildman–Crippen LogP) is 2.92. The molecule has 2 aromatic carbocycles. The second kappa shape index (κ2) is 6.52. The quantitative estimate of drug-likeness (QED) is 0.700. The molecule has 5 heteroatoms. The average Bonchev–Trinajstić information content (AvgIpc) is 2.59. The zero-order chi connectivity index (χ0) is 16.2. The average molecular weight is 310 g/mol. The van der Waals surface area contributed by atoms with Crippen LogP contribution in [0.15, 0.2) is 47.6 Å². The van der Waals surface area contributed by atoms with Gasteiger partial charge in [-0.1, -0.05) is 18.2 Å². The maximum atomic E-state index is 12.2. The molecular formula is C18H18N2O3. The molecule has 0 aliphatic carbocycles. The number of rotatable bonds is 3. The first-order valence-corrected chi connectivity index (χ1v) is 7.45. The zero-order valence-corrected chi connectivity index (χ0v) is 13.1. The van der Waals surface area contributed by atoms with E-state index in [1.807, 2.05) is 50.2 Å². The number of fused-ring (bicyclic) bond motifs is 1. The Morgan fingerprint density at radius 1 is 1.09 bits per heavy atom. The van der Waals surface area contributed by atoms with Gasteiger partial charge in [-0.05, 0) is 43.7 Å². The monoisotopic (exact) mass is 310 g/mol. The first kappa shape index (κ1) is 15.1. The van der Waals surface area contributed by atoms with E-state index < -0.39 is 0 Å². The van der Waals surface area contributed by atoms with Gasteiger partial charge < -0.3 is 9.47 Å². The fourth-order valence-corrected chi connectivity index (χ4v) is 2.36. The maximum absolute atomic E-state index is 12.2. The summed E-state index contributed by atoms with van der Waals surface area (Å²) in [5.74, 6) is 1.21. The molecule has 0 radical (unpaired) electrons. The molecule has 0 spiro atoms. The van der Waals surface area contributed by atoms with Crippen LogP contribution in [0.4, 0.5) is 0 Å². The molecule has 118 valence electrons. The van der Waals surface area contributed by atoms with Gasteiger partial charge in [-0.25, -0.2) is 5.43 Å². The van der Waals surface area contributed by atoms with Crippen LogP contribution in [0, 0.1) is 6.92 Å². The number of hydrogen-bond acceptors (Lipinski definition) is 4. The number of hydrogen-bond donors (Lipinski definition) is 1. The normalized spacial score (nSPS) is 13.6. The predicted molar refractivity (Wildman–Crippen MR) is 88.3 cm³/mol. The van der Waals surface area contributed by atoms with E-state index in [0.29, 0.717) is 30.2 Å². The summed E-state index contributed by atoms with van der Waals surface area (Å²) in [4.78, 5) is 12.2. The largest absolute Gasteiger partial charge is 0.486 e. The summed E-state index contributed by atoms with van der Waals surface area (Å²) in [7, 11) is 0. The third kappa shape index (κ3) is 3.34. The Bertz CT molecular complexity index is 769. The van der Waals surface area contributed by atoms with Crippen molar-refractivity contribution in [1.82, 2.24) is 5.43 Å². The van der Waals surface area contributed by atoms with Crippen LogP contribution in [0.1, 0.15) is 28.4 Å². The Kier molecular flexibility index (Phi) is 4.28. The fraction of sp³-hybridized carbons (Fsp3) is 0.222. The lowest BCUT2D eigenvalue weighted by atomic mass is 10.1. The summed E-state index contributed by atoms with van der Waals surface area (Å²) in [6, 6.07) is 13.0. The molecule has 1 amide bonds. The van der Waals surface area contributed by atoms with E-state index in [0.717, 1.165) is 16.9 Å². The highest BCUT2D eigenvalue weighted by atomic mass is 16.6. The lowest BCUT2D eigenvalue weighted by molar-refractivity contribution is 0.0954. The van der Waals surface area contributed by atoms with Crippen molar-refractivity contribution in [3.05, 3.63) is 59.2 Å². The number of nitrogens with zero attached hydrogens (tertiary/aromatic N) is 1. The third-order valence-electron chi connectivity index (χ3n) is 3.67. The number of benzene rings is 2. The molecule has 1 aliphatic rings. The van der Waals surface area contributed by atoms with Gasteiger partial charge in [0.05, 0.1) is 5.71 Å². The minimum absolute atomic E-state index is 0.222. The fourth-order valence-electron chi connectivity index (χ4n) is 2.36. The Morgan fingerprint density at radius 3 is 2.61 bits per heavy atom. The standard InChI is InChI=1S/C18H18N2O3/c1-12-5-3-4-6-15(12)18(21)20-19-13(2)14-7-8-16-17(11-14)23-10-9-22-16/h3-8,11H,9-10H2,1-2H3,(H,20,21)/b19-13-. The van der Waals surface area contributed by atoms with Crippen molar-refractivity contribution in [3.63, 3.8) is 0 Å². The van der Waals surface area contributed by atoms with Crippen molar-refractivity contribution in [3.8, 4) is 11.5 Å². The number of hydrazone groups is 1. The van der Waals surface area contributed by atoms with Gasteiger partial charge in [0.15, 0.2) is 11.5 Å². The number of carbonyl (C=O) groups is 1. The van der Waals surface area contributed by atoms with E-state index in [-0.39, 0.29) is 5.91 Å². The summed E-state index contributed by atoms with van der Waals surface area (Å²) in [5.41, 5.74) is 5.70. The molecule has 0 unspecified atom stereocenters. The number of carbonyl (C=O) groups excluding carboxylic acids is 1. The molecule has 0 saturated carbocycles. The van der Waals surface area contributed by atoms with Crippen LogP contribution in [0.3, 0.4) is 0 Å². The van der Waals surface area contributed by atoms with E-state index in [2.05, 4.69) is 10.5 Å². The van der Waals surface area contributed by atoms with Crippen molar-refractivity contribution in [2.75, 3.05) is 13.2 Å². The number of aryl methyl sites for hydroxylation is 1. The molecule has 0 atom stereocenters. The summed E-state index contributed by atoms with van der Waals surface area (Å²) in [6.07, 6.45) is 0. The van der Waals surface area contributed by atoms with Gasteiger partial charge in [0.2, 0.25) is 0 Å². The van der Waals surface area contributed by atoms with Crippen LogP contribution in [-0.2, 0) is 0 Å². The van der Waals surface area contributed by atoms with Gasteiger partial charge in [-0.2, -0.15) is 5.10 Å². The van der Waals surface area contributed by atoms with Crippen molar-refractivity contribution in [2.45, 2.75) is 13.8 Å². The van der Waals surface area contributed by atoms with E-state index in [1.165, 1.54) is 0 Å². The minimum Gasteiger partial charge on any atom is -0.486 e. The van der Waals surface area contributed by atoms with Crippen LogP contribution in [0.25, 0.3) is 0 Å². The molecule has 1 heterocycles. The second-order valence-corrected chi connectivity index (χ2v) is 5.31. The van der Waals surface area contributed by atoms with Crippen LogP contribution in [0.2, 0.25) is 0 Å². The van der Waals surface area contributed by atoms with E-state index in [4.69, 9.17) is 9.47 Å². The molecule has 0 fully saturated rings. The van der Waals surface area contributed by atoms with Crippen molar-refractivity contribution in [1.29, 1.82) is 0 Å². The van der Waals surface area contributed by atoms with Crippen molar-refractivity contribution in [2.24, 2.45) is 5.10 Å². The molecule has 2 aromatic rings. The van der Waals surface area contributed by atoms with Gasteiger partial charge in [-0.15, -0.1) is 0 Å². The molecule has 1 aliphatic heterocycles. The van der Waals surface area contributed by atoms with Crippen LogP contribution in [-0.4, -0.2) is 24.8 Å². The highest BCUT2D eigenvalue weighted by molar-refractivity contribution is 6.01. The van der Waals surface area contributed by atoms with Gasteiger partial charge in [-0.3, -0.25) is 4.79 Å². The van der Waals surface area contributed by atoms with E-state index >= 15 is 0 Å². The van der Waals surface area contributed by atoms with Gasteiger partial charge in [0.1, 0.15) is 13.2 Å². The molecule has 5 nitrogen and oxygen atoms in total. The third-order valence-corrected chi connectivity index (χ3v) is 3.67. The van der Waals surface area contributed by atoms with E-state index in [9.17, 15) is 4.79 Å². The zero-order valence-electron chi connectivity index (χ0n) is 13.1. The SMILES string of the molecule is C/C(=N/NC(=O)c1ccccc1C)c1ccc2c(c1)OCCO2. The Morgan fingerprint density at radius 2 is 1.83 bits per heavy atom. The van der Waals surface area contributed by atoms with Crippen LogP contribution >= 0.6 is 0 Å². The smallest absolute Gasteiger partial charge is 0.271 e. The summed E-state index contributed by atoms with van der Waals surface area (Å²) < 4.78 is 11.1. The molecular weight excluding hydrogens is 292 g/mol. The summed E-state index contributed by atoms with van der Waals surface area (Å²) in [6.45, 7) is 4.83. The van der Waals surface area contributed by atoms with Gasteiger partial charge in [0.25, 0.3) is 5.91 Å². The Hall–Kier alpha value is -2.82. The maximum Gasteiger partial charge on any atom is 0.271 e. The van der Waals surface area contributed by atoms with E-state index in [1.54, 1.807) is 6.07 Å². The topological polar surface area (TPSA) is 59.9 Å². The van der Waals surface area contributed by atoms with Crippen LogP contribution in [0.5, 0.6) is 11.5 Å². The molecule has 1 N–H and O–H groups in total. The Balaban J connectivity index is 1.75. The number of ether oxygens (including phenoxy) is 2. The van der Waals surface area contributed by atoms with Crippen LogP contribution < -0.4 is 14.9 Å². The molecule has 3 rings (SSSR count). The lowest BCUT2D eigenvalue weighted by Crippen LogP contribution is -2.20. The molecule has 23 heavy (non-hydrogen) atoms. The molecule has 0 bridgehead atoms. The summed E-state index contributed by atoms with van der Waals surface area (Å²) in [5, 5.41) is 4.18. The molecule has 0 saturated heterocycles. The number of amides is 1. The second-order valence-electron chi connectivity index (χ2n) is 5.31. The highest BCUT2D eigenvalue weighted by Crippen LogP contribution is 2.30. The van der Waals surface area contributed by atoms with Gasteiger partial charge in [0, 0.05) is 11.1 Å². The number of nitrogens with one attached hydrogen (secondary N) is 1. The van der Waals surface area contributed by atoms with Crippen molar-refractivity contribution >= 4 is 11.6 Å².